The zero-order chi connectivity index (χ0) is 15.2. The molecule has 0 aromatic rings. The molecule has 6 heteroatoms. The minimum absolute atomic E-state index is 0.105. The van der Waals surface area contributed by atoms with Crippen LogP contribution in [0.5, 0.6) is 0 Å². The molecule has 3 atom stereocenters. The highest BCUT2D eigenvalue weighted by molar-refractivity contribution is 5.69. The van der Waals surface area contributed by atoms with Crippen LogP contribution in [0.3, 0.4) is 0 Å². The first-order chi connectivity index (χ1) is 9.07. The number of rotatable bonds is 2. The number of hydrogen-bond acceptors (Lipinski definition) is 5. The molecule has 2 N–H and O–H groups in total. The van der Waals surface area contributed by atoms with Crippen LogP contribution in [0.1, 0.15) is 47.5 Å². The summed E-state index contributed by atoms with van der Waals surface area (Å²) in [4.78, 5) is 12.0. The number of ether oxygens (including phenoxy) is 3. The Morgan fingerprint density at radius 1 is 1.40 bits per heavy atom. The Morgan fingerprint density at radius 3 is 2.60 bits per heavy atom. The van der Waals surface area contributed by atoms with Crippen molar-refractivity contribution in [1.82, 2.24) is 5.32 Å². The highest BCUT2D eigenvalue weighted by Crippen LogP contribution is 2.43. The fraction of sp³-hybridized carbons (Fsp3) is 0.929. The van der Waals surface area contributed by atoms with E-state index in [0.717, 1.165) is 6.42 Å². The van der Waals surface area contributed by atoms with Gasteiger partial charge < -0.3 is 24.6 Å². The van der Waals surface area contributed by atoms with E-state index in [4.69, 9.17) is 14.2 Å². The van der Waals surface area contributed by atoms with Crippen molar-refractivity contribution < 1.29 is 24.1 Å². The van der Waals surface area contributed by atoms with Crippen molar-refractivity contribution >= 4 is 6.09 Å². The van der Waals surface area contributed by atoms with Gasteiger partial charge >= 0.3 is 6.09 Å². The topological polar surface area (TPSA) is 77.0 Å². The summed E-state index contributed by atoms with van der Waals surface area (Å²) in [6.45, 7) is 8.87. The summed E-state index contributed by atoms with van der Waals surface area (Å²) in [5.41, 5.74) is -1.41. The predicted molar refractivity (Wildman–Crippen MR) is 72.2 cm³/mol. The first kappa shape index (κ1) is 15.5. The molecule has 1 amide bonds. The third kappa shape index (κ3) is 3.07. The van der Waals surface area contributed by atoms with Crippen LogP contribution in [0.4, 0.5) is 4.79 Å². The summed E-state index contributed by atoms with van der Waals surface area (Å²) in [6, 6.07) is 0. The van der Waals surface area contributed by atoms with Crippen molar-refractivity contribution in [2.75, 3.05) is 6.61 Å². The van der Waals surface area contributed by atoms with E-state index in [1.807, 2.05) is 13.8 Å². The normalized spacial score (nSPS) is 35.7. The molecular formula is C14H25NO5. The van der Waals surface area contributed by atoms with E-state index in [0.29, 0.717) is 6.42 Å². The zero-order valence-corrected chi connectivity index (χ0v) is 12.9. The van der Waals surface area contributed by atoms with Crippen LogP contribution in [0, 0.1) is 0 Å². The van der Waals surface area contributed by atoms with Gasteiger partial charge in [0.05, 0.1) is 18.2 Å². The number of aliphatic hydroxyl groups excluding tert-OH is 1. The molecule has 0 bridgehead atoms. The van der Waals surface area contributed by atoms with Gasteiger partial charge in [-0.25, -0.2) is 4.79 Å². The second kappa shape index (κ2) is 4.86. The highest BCUT2D eigenvalue weighted by Gasteiger charge is 2.58. The summed E-state index contributed by atoms with van der Waals surface area (Å²) in [7, 11) is 0. The van der Waals surface area contributed by atoms with Crippen molar-refractivity contribution in [3.63, 3.8) is 0 Å². The standard InChI is InChI=1S/C14H25NO5/c1-12(2,3)20-11(17)15-14(8-16)7-6-9-10(14)19-13(4,5)18-9/h9-10,16H,6-8H2,1-5H3,(H,15,17). The minimum atomic E-state index is -0.833. The maximum absolute atomic E-state index is 12.0. The van der Waals surface area contributed by atoms with E-state index in [2.05, 4.69) is 5.32 Å². The molecule has 1 aliphatic heterocycles. The second-order valence-electron chi connectivity index (χ2n) is 7.07. The molecule has 0 spiro atoms. The van der Waals surface area contributed by atoms with E-state index in [1.54, 1.807) is 20.8 Å². The molecule has 0 aromatic heterocycles. The number of amides is 1. The smallest absolute Gasteiger partial charge is 0.408 e. The Morgan fingerprint density at radius 2 is 2.05 bits per heavy atom. The van der Waals surface area contributed by atoms with Crippen LogP contribution >= 0.6 is 0 Å². The maximum Gasteiger partial charge on any atom is 0.408 e. The summed E-state index contributed by atoms with van der Waals surface area (Å²) >= 11 is 0. The van der Waals surface area contributed by atoms with Crippen molar-refractivity contribution in [1.29, 1.82) is 0 Å². The summed E-state index contributed by atoms with van der Waals surface area (Å²) in [6.07, 6.45) is 0.348. The van der Waals surface area contributed by atoms with E-state index < -0.39 is 23.0 Å². The second-order valence-corrected chi connectivity index (χ2v) is 7.07. The van der Waals surface area contributed by atoms with Gasteiger partial charge in [0.2, 0.25) is 0 Å². The number of hydrogen-bond donors (Lipinski definition) is 2. The number of carbonyl (C=O) groups is 1. The van der Waals surface area contributed by atoms with Crippen LogP contribution in [-0.4, -0.2) is 46.9 Å². The van der Waals surface area contributed by atoms with Crippen LogP contribution in [0.15, 0.2) is 0 Å². The lowest BCUT2D eigenvalue weighted by Crippen LogP contribution is -2.59. The molecule has 0 radical (unpaired) electrons. The molecule has 1 saturated carbocycles. The summed E-state index contributed by atoms with van der Waals surface area (Å²) in [5.74, 6) is -0.689. The lowest BCUT2D eigenvalue weighted by atomic mass is 9.96. The van der Waals surface area contributed by atoms with Crippen molar-refractivity contribution in [2.45, 2.75) is 76.6 Å². The third-order valence-corrected chi connectivity index (χ3v) is 3.64. The lowest BCUT2D eigenvalue weighted by molar-refractivity contribution is -0.162. The van der Waals surface area contributed by atoms with E-state index >= 15 is 0 Å². The number of fused-ring (bicyclic) bond motifs is 1. The van der Waals surface area contributed by atoms with Gasteiger partial charge in [0.15, 0.2) is 5.79 Å². The summed E-state index contributed by atoms with van der Waals surface area (Å²) < 4.78 is 16.9. The first-order valence-corrected chi connectivity index (χ1v) is 7.05. The Kier molecular flexibility index (Phi) is 3.77. The Hall–Kier alpha value is -0.850. The minimum Gasteiger partial charge on any atom is -0.444 e. The predicted octanol–water partition coefficient (Wildman–Crippen LogP) is 1.56. The molecule has 1 saturated heterocycles. The SMILES string of the molecule is CC(C)(C)OC(=O)NC1(CO)CCC2OC(C)(C)OC21. The monoisotopic (exact) mass is 287 g/mol. The molecule has 2 fully saturated rings. The Balaban J connectivity index is 2.09. The van der Waals surface area contributed by atoms with Gasteiger partial charge in [-0.3, -0.25) is 0 Å². The third-order valence-electron chi connectivity index (χ3n) is 3.64. The van der Waals surface area contributed by atoms with Gasteiger partial charge in [-0.2, -0.15) is 0 Å². The van der Waals surface area contributed by atoms with Gasteiger partial charge in [-0.1, -0.05) is 0 Å². The number of nitrogens with one attached hydrogen (secondary N) is 1. The zero-order valence-electron chi connectivity index (χ0n) is 12.9. The Labute approximate surface area is 119 Å². The molecule has 2 rings (SSSR count). The van der Waals surface area contributed by atoms with E-state index in [9.17, 15) is 9.90 Å². The van der Waals surface area contributed by atoms with Crippen molar-refractivity contribution in [2.24, 2.45) is 0 Å². The quantitative estimate of drug-likeness (QED) is 0.806. The highest BCUT2D eigenvalue weighted by atomic mass is 16.8. The van der Waals surface area contributed by atoms with Crippen LogP contribution < -0.4 is 5.32 Å². The molecule has 3 unspecified atom stereocenters. The summed E-state index contributed by atoms with van der Waals surface area (Å²) in [5, 5.41) is 12.6. The van der Waals surface area contributed by atoms with E-state index in [-0.39, 0.29) is 18.8 Å². The van der Waals surface area contributed by atoms with Gasteiger partial charge in [0.25, 0.3) is 0 Å². The van der Waals surface area contributed by atoms with Crippen LogP contribution in [-0.2, 0) is 14.2 Å². The molecule has 116 valence electrons. The van der Waals surface area contributed by atoms with Crippen LogP contribution in [0.25, 0.3) is 0 Å². The number of carbonyl (C=O) groups excluding carboxylic acids is 1. The number of aliphatic hydroxyl groups is 1. The van der Waals surface area contributed by atoms with Gasteiger partial charge in [0.1, 0.15) is 11.7 Å². The fourth-order valence-corrected chi connectivity index (χ4v) is 2.91. The van der Waals surface area contributed by atoms with Gasteiger partial charge in [0, 0.05) is 0 Å². The molecule has 20 heavy (non-hydrogen) atoms. The fourth-order valence-electron chi connectivity index (χ4n) is 2.91. The number of alkyl carbamates (subject to hydrolysis) is 1. The molecular weight excluding hydrogens is 262 g/mol. The largest absolute Gasteiger partial charge is 0.444 e. The molecule has 2 aliphatic rings. The first-order valence-electron chi connectivity index (χ1n) is 7.05. The molecule has 1 aliphatic carbocycles. The van der Waals surface area contributed by atoms with Crippen molar-refractivity contribution in [3.05, 3.63) is 0 Å². The van der Waals surface area contributed by atoms with Gasteiger partial charge in [-0.05, 0) is 47.5 Å². The lowest BCUT2D eigenvalue weighted by Gasteiger charge is -2.34. The molecule has 0 aromatic carbocycles. The molecule has 6 nitrogen and oxygen atoms in total. The maximum atomic E-state index is 12.0. The van der Waals surface area contributed by atoms with Crippen LogP contribution in [0.2, 0.25) is 0 Å². The molecule has 1 heterocycles. The van der Waals surface area contributed by atoms with Gasteiger partial charge in [-0.15, -0.1) is 0 Å². The average molecular weight is 287 g/mol. The van der Waals surface area contributed by atoms with Crippen molar-refractivity contribution in [3.8, 4) is 0 Å². The average Bonchev–Trinajstić information content (AvgIpc) is 2.71. The van der Waals surface area contributed by atoms with E-state index in [1.165, 1.54) is 0 Å². The Bertz CT molecular complexity index is 390.